The topological polar surface area (TPSA) is 96.4 Å². The number of carbonyl (C=O) groups is 3. The Hall–Kier alpha value is -4.63. The number of amides is 3. The largest absolute Gasteiger partial charge is 0.508 e. The molecule has 0 bridgehead atoms. The fourth-order valence-corrected chi connectivity index (χ4v) is 9.76. The summed E-state index contributed by atoms with van der Waals surface area (Å²) in [5.74, 6) is 1.16. The lowest BCUT2D eigenvalue weighted by Gasteiger charge is -2.40. The number of aryl methyl sites for hydroxylation is 1. The average Bonchev–Trinajstić information content (AvgIpc) is 3.48. The van der Waals surface area contributed by atoms with E-state index in [0.717, 1.165) is 75.8 Å². The Morgan fingerprint density at radius 3 is 2.15 bits per heavy atom. The molecule has 0 unspecified atom stereocenters. The van der Waals surface area contributed by atoms with Crippen LogP contribution in [-0.4, -0.2) is 84.5 Å². The number of hydrogen-bond donors (Lipinski definition) is 2. The molecule has 53 heavy (non-hydrogen) atoms. The van der Waals surface area contributed by atoms with E-state index in [-0.39, 0.29) is 24.1 Å². The number of fused-ring (bicyclic) bond motifs is 2. The highest BCUT2D eigenvalue weighted by Crippen LogP contribution is 2.43. The number of aromatic hydroxyl groups is 1. The van der Waals surface area contributed by atoms with Crippen molar-refractivity contribution in [2.24, 2.45) is 11.8 Å². The van der Waals surface area contributed by atoms with Gasteiger partial charge >= 0.3 is 0 Å². The van der Waals surface area contributed by atoms with Crippen LogP contribution in [0.4, 0.5) is 11.4 Å². The van der Waals surface area contributed by atoms with Crippen molar-refractivity contribution in [3.8, 4) is 5.75 Å². The molecule has 1 saturated carbocycles. The van der Waals surface area contributed by atoms with E-state index in [2.05, 4.69) is 56.4 Å². The molecule has 0 aromatic heterocycles. The summed E-state index contributed by atoms with van der Waals surface area (Å²) in [5.41, 5.74) is 11.0. The number of anilines is 2. The first-order valence-corrected chi connectivity index (χ1v) is 20.0. The predicted octanol–water partition coefficient (Wildman–Crippen LogP) is 6.13. The lowest BCUT2D eigenvalue weighted by molar-refractivity contribution is -0.136. The fourth-order valence-electron chi connectivity index (χ4n) is 9.76. The van der Waals surface area contributed by atoms with Crippen molar-refractivity contribution in [2.45, 2.75) is 76.8 Å². The third-order valence-corrected chi connectivity index (χ3v) is 13.1. The van der Waals surface area contributed by atoms with Gasteiger partial charge in [0.25, 0.3) is 5.91 Å². The molecule has 0 spiro atoms. The summed E-state index contributed by atoms with van der Waals surface area (Å²) in [6.45, 7) is 7.71. The zero-order valence-electron chi connectivity index (χ0n) is 30.7. The molecule has 6 aliphatic rings. The van der Waals surface area contributed by atoms with Crippen LogP contribution < -0.4 is 15.1 Å². The van der Waals surface area contributed by atoms with Crippen LogP contribution in [-0.2, 0) is 22.6 Å². The first-order valence-electron chi connectivity index (χ1n) is 20.0. The van der Waals surface area contributed by atoms with Gasteiger partial charge in [-0.05, 0) is 121 Å². The minimum atomic E-state index is -0.582. The van der Waals surface area contributed by atoms with Gasteiger partial charge in [0.1, 0.15) is 11.8 Å². The maximum absolute atomic E-state index is 13.1. The number of nitrogens with one attached hydrogen (secondary N) is 1. The van der Waals surface area contributed by atoms with E-state index in [1.165, 1.54) is 66.5 Å². The molecule has 4 fully saturated rings. The summed E-state index contributed by atoms with van der Waals surface area (Å²) < 4.78 is 0. The first kappa shape index (κ1) is 34.2. The van der Waals surface area contributed by atoms with Crippen molar-refractivity contribution < 1.29 is 19.5 Å². The number of piperazine rings is 1. The van der Waals surface area contributed by atoms with Crippen LogP contribution in [0.1, 0.15) is 90.4 Å². The molecular formula is C44H51N5O4. The van der Waals surface area contributed by atoms with Gasteiger partial charge in [-0.2, -0.15) is 0 Å². The van der Waals surface area contributed by atoms with E-state index in [4.69, 9.17) is 0 Å². The van der Waals surface area contributed by atoms with Crippen LogP contribution >= 0.6 is 0 Å². The molecule has 4 aliphatic heterocycles. The summed E-state index contributed by atoms with van der Waals surface area (Å²) in [5, 5.41) is 12.6. The van der Waals surface area contributed by atoms with Crippen molar-refractivity contribution in [3.63, 3.8) is 0 Å². The molecule has 9 rings (SSSR count). The lowest BCUT2D eigenvalue weighted by Crippen LogP contribution is -2.52. The van der Waals surface area contributed by atoms with Crippen LogP contribution in [0.2, 0.25) is 0 Å². The normalized spacial score (nSPS) is 22.9. The maximum Gasteiger partial charge on any atom is 0.255 e. The van der Waals surface area contributed by atoms with E-state index >= 15 is 0 Å². The van der Waals surface area contributed by atoms with E-state index in [9.17, 15) is 19.5 Å². The Morgan fingerprint density at radius 2 is 1.42 bits per heavy atom. The number of allylic oxidation sites excluding steroid dienone is 1. The molecule has 3 amide bonds. The van der Waals surface area contributed by atoms with Gasteiger partial charge in [0, 0.05) is 75.7 Å². The van der Waals surface area contributed by atoms with Crippen LogP contribution in [0.15, 0.2) is 66.2 Å². The first-order chi connectivity index (χ1) is 25.9. The van der Waals surface area contributed by atoms with Gasteiger partial charge in [-0.25, -0.2) is 0 Å². The Labute approximate surface area is 312 Å². The molecule has 9 nitrogen and oxygen atoms in total. The van der Waals surface area contributed by atoms with Crippen molar-refractivity contribution in [1.29, 1.82) is 0 Å². The SMILES string of the molecule is O=C1CC[C@H](N2Cc3cc(N4CCN(CC5CCN(c6ccc(C7=C(CC8CCC8)CCc8cc(O)ccc87)cc6)CC5)CC4)ccc3C2=O)C(=O)N1. The summed E-state index contributed by atoms with van der Waals surface area (Å²) in [7, 11) is 0. The Bertz CT molecular complexity index is 1940. The van der Waals surface area contributed by atoms with Gasteiger partial charge in [-0.3, -0.25) is 24.6 Å². The van der Waals surface area contributed by atoms with Crippen LogP contribution in [0.25, 0.3) is 5.57 Å². The highest BCUT2D eigenvalue weighted by atomic mass is 16.3. The van der Waals surface area contributed by atoms with Gasteiger partial charge in [-0.1, -0.05) is 43.0 Å². The smallest absolute Gasteiger partial charge is 0.255 e. The molecule has 9 heteroatoms. The van der Waals surface area contributed by atoms with Crippen LogP contribution in [0, 0.1) is 11.8 Å². The molecule has 3 saturated heterocycles. The molecule has 4 heterocycles. The second-order valence-corrected chi connectivity index (χ2v) is 16.3. The van der Waals surface area contributed by atoms with E-state index in [0.29, 0.717) is 30.2 Å². The van der Waals surface area contributed by atoms with Crippen molar-refractivity contribution in [1.82, 2.24) is 15.1 Å². The lowest BCUT2D eigenvalue weighted by atomic mass is 9.74. The summed E-state index contributed by atoms with van der Waals surface area (Å²) in [4.78, 5) is 46.5. The van der Waals surface area contributed by atoms with Crippen molar-refractivity contribution in [2.75, 3.05) is 55.6 Å². The number of carbonyl (C=O) groups excluding carboxylic acids is 3. The fraction of sp³-hybridized carbons (Fsp3) is 0.477. The number of benzene rings is 3. The van der Waals surface area contributed by atoms with Gasteiger partial charge in [0.05, 0.1) is 0 Å². The Morgan fingerprint density at radius 1 is 0.679 bits per heavy atom. The zero-order chi connectivity index (χ0) is 36.1. The number of imide groups is 1. The highest BCUT2D eigenvalue weighted by molar-refractivity contribution is 6.05. The Balaban J connectivity index is 0.775. The quantitative estimate of drug-likeness (QED) is 0.271. The summed E-state index contributed by atoms with van der Waals surface area (Å²) in [6.07, 6.45) is 10.5. The van der Waals surface area contributed by atoms with Gasteiger partial charge in [0.15, 0.2) is 0 Å². The van der Waals surface area contributed by atoms with Crippen LogP contribution in [0.3, 0.4) is 0 Å². The molecule has 2 aliphatic carbocycles. The second-order valence-electron chi connectivity index (χ2n) is 16.3. The minimum absolute atomic E-state index is 0.118. The van der Waals surface area contributed by atoms with E-state index in [1.54, 1.807) is 10.5 Å². The molecule has 3 aromatic carbocycles. The van der Waals surface area contributed by atoms with Gasteiger partial charge in [0.2, 0.25) is 11.8 Å². The molecule has 2 N–H and O–H groups in total. The third-order valence-electron chi connectivity index (χ3n) is 13.1. The number of hydrogen-bond acceptors (Lipinski definition) is 7. The van der Waals surface area contributed by atoms with Gasteiger partial charge < -0.3 is 19.8 Å². The minimum Gasteiger partial charge on any atom is -0.508 e. The van der Waals surface area contributed by atoms with Crippen molar-refractivity contribution in [3.05, 3.63) is 94.1 Å². The van der Waals surface area contributed by atoms with E-state index < -0.39 is 6.04 Å². The van der Waals surface area contributed by atoms with Crippen LogP contribution in [0.5, 0.6) is 5.75 Å². The summed E-state index contributed by atoms with van der Waals surface area (Å²) in [6, 6.07) is 20.8. The average molecular weight is 714 g/mol. The molecule has 3 aromatic rings. The highest BCUT2D eigenvalue weighted by Gasteiger charge is 2.39. The number of piperidine rings is 2. The number of nitrogens with zero attached hydrogens (tertiary/aromatic N) is 4. The number of phenols is 1. The second kappa shape index (κ2) is 14.3. The molecule has 276 valence electrons. The summed E-state index contributed by atoms with van der Waals surface area (Å²) >= 11 is 0. The van der Waals surface area contributed by atoms with E-state index in [1.807, 2.05) is 24.3 Å². The van der Waals surface area contributed by atoms with Crippen molar-refractivity contribution >= 4 is 34.7 Å². The number of phenolic OH excluding ortho intramolecular Hbond substituents is 1. The predicted molar refractivity (Wildman–Crippen MR) is 207 cm³/mol. The maximum atomic E-state index is 13.1. The van der Waals surface area contributed by atoms with Gasteiger partial charge in [-0.15, -0.1) is 0 Å². The third kappa shape index (κ3) is 6.84. The standard InChI is InChI=1S/C44H51N5O4/c50-37-11-13-38-32(26-37)4-5-33(24-29-2-1-3-29)42(38)31-6-8-35(9-7-31)47-18-16-30(17-19-47)27-46-20-22-48(23-21-46)36-10-12-39-34(25-36)28-49(44(39)53)40-14-15-41(51)45-43(40)52/h6-13,25-26,29-30,40,50H,1-5,14-24,27-28H2,(H,45,51,52)/t40-/m0/s1. The molecule has 0 radical (unpaired) electrons. The zero-order valence-corrected chi connectivity index (χ0v) is 30.7. The molecular weight excluding hydrogens is 663 g/mol. The molecule has 1 atom stereocenters. The monoisotopic (exact) mass is 713 g/mol. The number of rotatable bonds is 8. The Kier molecular flexibility index (Phi) is 9.22.